The summed E-state index contributed by atoms with van der Waals surface area (Å²) in [6.07, 6.45) is 3.65. The van der Waals surface area contributed by atoms with Gasteiger partial charge in [0.1, 0.15) is 11.5 Å². The SMILES string of the molecule is COc1ccc(C(c2ccc(SC)cc2)N2CCCC(C(=O)O)C2)c(OC)c1. The number of rotatable bonds is 7. The normalized spacial score (nSPS) is 18.5. The summed E-state index contributed by atoms with van der Waals surface area (Å²) in [6.45, 7) is 1.38. The zero-order valence-corrected chi connectivity index (χ0v) is 17.4. The molecule has 0 bridgehead atoms. The van der Waals surface area contributed by atoms with Crippen molar-refractivity contribution in [2.45, 2.75) is 23.8 Å². The van der Waals surface area contributed by atoms with Gasteiger partial charge in [0.25, 0.3) is 0 Å². The molecule has 0 spiro atoms. The molecule has 1 heterocycles. The second-order valence-corrected chi connectivity index (χ2v) is 7.84. The van der Waals surface area contributed by atoms with Gasteiger partial charge in [0, 0.05) is 23.1 Å². The van der Waals surface area contributed by atoms with Crippen LogP contribution in [-0.2, 0) is 4.79 Å². The van der Waals surface area contributed by atoms with E-state index >= 15 is 0 Å². The second-order valence-electron chi connectivity index (χ2n) is 6.96. The molecule has 0 radical (unpaired) electrons. The van der Waals surface area contributed by atoms with Gasteiger partial charge < -0.3 is 14.6 Å². The van der Waals surface area contributed by atoms with Crippen LogP contribution in [0.4, 0.5) is 0 Å². The number of ether oxygens (including phenoxy) is 2. The fourth-order valence-electron chi connectivity index (χ4n) is 3.86. The molecule has 2 aromatic rings. The van der Waals surface area contributed by atoms with Crippen molar-refractivity contribution in [1.29, 1.82) is 0 Å². The van der Waals surface area contributed by atoms with Gasteiger partial charge in [-0.3, -0.25) is 9.69 Å². The zero-order valence-electron chi connectivity index (χ0n) is 16.6. The largest absolute Gasteiger partial charge is 0.497 e. The number of hydrogen-bond donors (Lipinski definition) is 1. The van der Waals surface area contributed by atoms with E-state index in [0.717, 1.165) is 42.0 Å². The van der Waals surface area contributed by atoms with Gasteiger partial charge in [-0.05, 0) is 55.5 Å². The Hall–Kier alpha value is -2.18. The standard InChI is InChI=1S/C22H27NO4S/c1-26-17-8-11-19(20(13-17)27-2)21(15-6-9-18(28-3)10-7-15)23-12-4-5-16(14-23)22(24)25/h6-11,13,16,21H,4-5,12,14H2,1-3H3,(H,24,25). The van der Waals surface area contributed by atoms with Gasteiger partial charge in [0.05, 0.1) is 26.2 Å². The van der Waals surface area contributed by atoms with Gasteiger partial charge in [0.2, 0.25) is 0 Å². The van der Waals surface area contributed by atoms with Crippen molar-refractivity contribution in [2.24, 2.45) is 5.92 Å². The van der Waals surface area contributed by atoms with E-state index in [1.165, 1.54) is 4.90 Å². The molecule has 5 nitrogen and oxygen atoms in total. The highest BCUT2D eigenvalue weighted by Gasteiger charge is 2.32. The lowest BCUT2D eigenvalue weighted by Crippen LogP contribution is -2.41. The Labute approximate surface area is 170 Å². The molecule has 0 aromatic heterocycles. The van der Waals surface area contributed by atoms with Crippen molar-refractivity contribution >= 4 is 17.7 Å². The lowest BCUT2D eigenvalue weighted by molar-refractivity contribution is -0.143. The van der Waals surface area contributed by atoms with Gasteiger partial charge in [-0.15, -0.1) is 11.8 Å². The molecule has 0 amide bonds. The predicted octanol–water partition coefficient (Wildman–Crippen LogP) is 4.31. The Balaban J connectivity index is 2.05. The first-order valence-electron chi connectivity index (χ1n) is 9.40. The monoisotopic (exact) mass is 401 g/mol. The molecule has 3 rings (SSSR count). The summed E-state index contributed by atoms with van der Waals surface area (Å²) in [5.74, 6) is 0.420. The topological polar surface area (TPSA) is 59.0 Å². The van der Waals surface area contributed by atoms with E-state index in [2.05, 4.69) is 35.4 Å². The minimum Gasteiger partial charge on any atom is -0.497 e. The first kappa shape index (κ1) is 20.6. The summed E-state index contributed by atoms with van der Waals surface area (Å²) in [4.78, 5) is 15.1. The first-order chi connectivity index (χ1) is 13.6. The molecule has 6 heteroatoms. The first-order valence-corrected chi connectivity index (χ1v) is 10.6. The van der Waals surface area contributed by atoms with Crippen LogP contribution < -0.4 is 9.47 Å². The quantitative estimate of drug-likeness (QED) is 0.698. The molecule has 150 valence electrons. The van der Waals surface area contributed by atoms with E-state index in [9.17, 15) is 9.90 Å². The average molecular weight is 402 g/mol. The highest BCUT2D eigenvalue weighted by Crippen LogP contribution is 2.39. The summed E-state index contributed by atoms with van der Waals surface area (Å²) in [5.41, 5.74) is 2.15. The van der Waals surface area contributed by atoms with Crippen LogP contribution in [0.1, 0.15) is 30.0 Å². The third-order valence-corrected chi connectivity index (χ3v) is 6.08. The molecule has 1 fully saturated rings. The molecule has 0 aliphatic carbocycles. The summed E-state index contributed by atoms with van der Waals surface area (Å²) >= 11 is 1.70. The fourth-order valence-corrected chi connectivity index (χ4v) is 4.27. The van der Waals surface area contributed by atoms with Crippen LogP contribution in [0.5, 0.6) is 11.5 Å². The maximum absolute atomic E-state index is 11.6. The van der Waals surface area contributed by atoms with Crippen LogP contribution in [0.25, 0.3) is 0 Å². The number of thioether (sulfide) groups is 1. The number of benzene rings is 2. The Morgan fingerprint density at radius 3 is 2.54 bits per heavy atom. The molecule has 28 heavy (non-hydrogen) atoms. The van der Waals surface area contributed by atoms with Crippen molar-refractivity contribution in [1.82, 2.24) is 4.90 Å². The van der Waals surface area contributed by atoms with Crippen LogP contribution >= 0.6 is 11.8 Å². The van der Waals surface area contributed by atoms with Gasteiger partial charge in [-0.25, -0.2) is 0 Å². The van der Waals surface area contributed by atoms with E-state index in [4.69, 9.17) is 9.47 Å². The summed E-state index contributed by atoms with van der Waals surface area (Å²) < 4.78 is 11.0. The maximum Gasteiger partial charge on any atom is 0.307 e. The molecular formula is C22H27NO4S. The number of likely N-dealkylation sites (tertiary alicyclic amines) is 1. The third-order valence-electron chi connectivity index (χ3n) is 5.33. The Bertz CT molecular complexity index is 809. The predicted molar refractivity (Wildman–Crippen MR) is 112 cm³/mol. The molecular weight excluding hydrogens is 374 g/mol. The lowest BCUT2D eigenvalue weighted by Gasteiger charge is -2.38. The molecule has 2 aromatic carbocycles. The van der Waals surface area contributed by atoms with E-state index in [0.29, 0.717) is 6.54 Å². The third kappa shape index (κ3) is 4.45. The number of methoxy groups -OCH3 is 2. The van der Waals surface area contributed by atoms with E-state index < -0.39 is 5.97 Å². The molecule has 1 aliphatic rings. The molecule has 2 atom stereocenters. The number of carboxylic acids is 1. The lowest BCUT2D eigenvalue weighted by atomic mass is 9.91. The van der Waals surface area contributed by atoms with Crippen LogP contribution in [0.15, 0.2) is 47.4 Å². The average Bonchev–Trinajstić information content (AvgIpc) is 2.74. The number of piperidine rings is 1. The van der Waals surface area contributed by atoms with Crippen molar-refractivity contribution in [2.75, 3.05) is 33.6 Å². The van der Waals surface area contributed by atoms with Crippen LogP contribution in [0.2, 0.25) is 0 Å². The van der Waals surface area contributed by atoms with Gasteiger partial charge >= 0.3 is 5.97 Å². The molecule has 1 N–H and O–H groups in total. The Kier molecular flexibility index (Phi) is 6.86. The Morgan fingerprint density at radius 1 is 1.18 bits per heavy atom. The number of carboxylic acid groups (broad SMARTS) is 1. The van der Waals surface area contributed by atoms with Crippen LogP contribution in [-0.4, -0.2) is 49.5 Å². The van der Waals surface area contributed by atoms with Crippen molar-refractivity contribution in [3.63, 3.8) is 0 Å². The van der Waals surface area contributed by atoms with Crippen LogP contribution in [0, 0.1) is 5.92 Å². The number of aliphatic carboxylic acids is 1. The number of hydrogen-bond acceptors (Lipinski definition) is 5. The zero-order chi connectivity index (χ0) is 20.1. The summed E-state index contributed by atoms with van der Waals surface area (Å²) in [5, 5.41) is 9.55. The summed E-state index contributed by atoms with van der Waals surface area (Å²) in [6, 6.07) is 14.3. The molecule has 1 aliphatic heterocycles. The van der Waals surface area contributed by atoms with Crippen LogP contribution in [0.3, 0.4) is 0 Å². The van der Waals surface area contributed by atoms with E-state index in [1.807, 2.05) is 18.2 Å². The highest BCUT2D eigenvalue weighted by atomic mass is 32.2. The van der Waals surface area contributed by atoms with E-state index in [1.54, 1.807) is 26.0 Å². The van der Waals surface area contributed by atoms with Gasteiger partial charge in [-0.2, -0.15) is 0 Å². The fraction of sp³-hybridized carbons (Fsp3) is 0.409. The molecule has 1 saturated heterocycles. The minimum absolute atomic E-state index is 0.0705. The molecule has 0 saturated carbocycles. The van der Waals surface area contributed by atoms with E-state index in [-0.39, 0.29) is 12.0 Å². The maximum atomic E-state index is 11.6. The second kappa shape index (κ2) is 9.34. The Morgan fingerprint density at radius 2 is 1.93 bits per heavy atom. The van der Waals surface area contributed by atoms with Crippen molar-refractivity contribution in [3.05, 3.63) is 53.6 Å². The minimum atomic E-state index is -0.720. The number of nitrogens with zero attached hydrogens (tertiary/aromatic N) is 1. The smallest absolute Gasteiger partial charge is 0.307 e. The highest BCUT2D eigenvalue weighted by molar-refractivity contribution is 7.98. The van der Waals surface area contributed by atoms with Crippen molar-refractivity contribution in [3.8, 4) is 11.5 Å². The number of carbonyl (C=O) groups is 1. The van der Waals surface area contributed by atoms with Crippen molar-refractivity contribution < 1.29 is 19.4 Å². The summed E-state index contributed by atoms with van der Waals surface area (Å²) in [7, 11) is 3.29. The van der Waals surface area contributed by atoms with Gasteiger partial charge in [-0.1, -0.05) is 12.1 Å². The van der Waals surface area contributed by atoms with Gasteiger partial charge in [0.15, 0.2) is 0 Å². The molecule has 2 unspecified atom stereocenters.